The third-order valence-electron chi connectivity index (χ3n) is 3.28. The number of methoxy groups -OCH3 is 1. The molecule has 0 bridgehead atoms. The van der Waals surface area contributed by atoms with Crippen molar-refractivity contribution in [1.82, 2.24) is 4.57 Å². The van der Waals surface area contributed by atoms with Gasteiger partial charge >= 0.3 is 0 Å². The highest BCUT2D eigenvalue weighted by atomic mass is 16.5. The van der Waals surface area contributed by atoms with Crippen LogP contribution in [-0.4, -0.2) is 11.7 Å². The SMILES string of the molecule is COc1ccccc1-n1cc(C(C)(C)N)c(=O)cc1C. The van der Waals surface area contributed by atoms with Crippen LogP contribution in [0.4, 0.5) is 0 Å². The summed E-state index contributed by atoms with van der Waals surface area (Å²) in [5.74, 6) is 0.750. The highest BCUT2D eigenvalue weighted by molar-refractivity contribution is 5.48. The summed E-state index contributed by atoms with van der Waals surface area (Å²) in [6.07, 6.45) is 1.80. The molecule has 0 aliphatic rings. The Kier molecular flexibility index (Phi) is 3.68. The average molecular weight is 272 g/mol. The fourth-order valence-electron chi connectivity index (χ4n) is 2.20. The molecule has 20 heavy (non-hydrogen) atoms. The van der Waals surface area contributed by atoms with Crippen molar-refractivity contribution < 1.29 is 4.74 Å². The molecule has 0 amide bonds. The lowest BCUT2D eigenvalue weighted by molar-refractivity contribution is 0.412. The predicted molar refractivity (Wildman–Crippen MR) is 80.5 cm³/mol. The van der Waals surface area contributed by atoms with Gasteiger partial charge < -0.3 is 15.0 Å². The van der Waals surface area contributed by atoms with Crippen molar-refractivity contribution in [3.8, 4) is 11.4 Å². The van der Waals surface area contributed by atoms with E-state index in [1.54, 1.807) is 19.4 Å². The molecule has 106 valence electrons. The molecule has 4 heteroatoms. The molecular formula is C16H20N2O2. The molecule has 0 saturated carbocycles. The van der Waals surface area contributed by atoms with Crippen LogP contribution in [0.1, 0.15) is 25.1 Å². The van der Waals surface area contributed by atoms with Crippen molar-refractivity contribution in [2.75, 3.05) is 7.11 Å². The topological polar surface area (TPSA) is 57.2 Å². The molecule has 0 unspecified atom stereocenters. The molecule has 1 aromatic heterocycles. The van der Waals surface area contributed by atoms with Gasteiger partial charge in [-0.15, -0.1) is 0 Å². The minimum atomic E-state index is -0.686. The van der Waals surface area contributed by atoms with Crippen molar-refractivity contribution in [2.24, 2.45) is 5.73 Å². The van der Waals surface area contributed by atoms with Crippen molar-refractivity contribution in [3.05, 3.63) is 58.0 Å². The van der Waals surface area contributed by atoms with E-state index in [1.807, 2.05) is 49.6 Å². The first-order chi connectivity index (χ1) is 9.34. The standard InChI is InChI=1S/C16H20N2O2/c1-11-9-14(19)12(16(2,3)17)10-18(11)13-7-5-6-8-15(13)20-4/h5-10H,17H2,1-4H3. The van der Waals surface area contributed by atoms with Crippen molar-refractivity contribution in [2.45, 2.75) is 26.3 Å². The third kappa shape index (κ3) is 2.60. The number of aromatic nitrogens is 1. The lowest BCUT2D eigenvalue weighted by Crippen LogP contribution is -2.35. The lowest BCUT2D eigenvalue weighted by atomic mass is 9.96. The van der Waals surface area contributed by atoms with Gasteiger partial charge in [0.1, 0.15) is 5.75 Å². The summed E-state index contributed by atoms with van der Waals surface area (Å²) in [5.41, 5.74) is 7.66. The van der Waals surface area contributed by atoms with E-state index in [0.717, 1.165) is 17.1 Å². The molecule has 0 spiro atoms. The van der Waals surface area contributed by atoms with E-state index >= 15 is 0 Å². The average Bonchev–Trinajstić information content (AvgIpc) is 2.37. The molecule has 0 aliphatic carbocycles. The summed E-state index contributed by atoms with van der Waals surface area (Å²) in [5, 5.41) is 0. The van der Waals surface area contributed by atoms with Gasteiger partial charge in [0.25, 0.3) is 0 Å². The van der Waals surface area contributed by atoms with Gasteiger partial charge in [-0.25, -0.2) is 0 Å². The van der Waals surface area contributed by atoms with E-state index in [9.17, 15) is 4.79 Å². The van der Waals surface area contributed by atoms with Crippen LogP contribution in [0.2, 0.25) is 0 Å². The van der Waals surface area contributed by atoms with Gasteiger partial charge in [0.15, 0.2) is 5.43 Å². The maximum Gasteiger partial charge on any atom is 0.186 e. The van der Waals surface area contributed by atoms with Crippen LogP contribution < -0.4 is 15.9 Å². The van der Waals surface area contributed by atoms with E-state index in [-0.39, 0.29) is 5.43 Å². The summed E-state index contributed by atoms with van der Waals surface area (Å²) < 4.78 is 7.31. The molecule has 4 nitrogen and oxygen atoms in total. The van der Waals surface area contributed by atoms with Crippen LogP contribution in [0.25, 0.3) is 5.69 Å². The predicted octanol–water partition coefficient (Wildman–Crippen LogP) is 2.35. The normalized spacial score (nSPS) is 11.4. The molecule has 2 aromatic rings. The molecular weight excluding hydrogens is 252 g/mol. The number of para-hydroxylation sites is 2. The van der Waals surface area contributed by atoms with E-state index in [1.165, 1.54) is 0 Å². The van der Waals surface area contributed by atoms with Gasteiger partial charge in [-0.1, -0.05) is 12.1 Å². The van der Waals surface area contributed by atoms with E-state index < -0.39 is 5.54 Å². The fourth-order valence-corrected chi connectivity index (χ4v) is 2.20. The molecule has 2 N–H and O–H groups in total. The Bertz CT molecular complexity index is 682. The molecule has 1 heterocycles. The number of benzene rings is 1. The number of nitrogens with zero attached hydrogens (tertiary/aromatic N) is 1. The number of pyridine rings is 1. The van der Waals surface area contributed by atoms with Gasteiger partial charge in [0, 0.05) is 29.1 Å². The number of nitrogens with two attached hydrogens (primary N) is 1. The molecule has 0 saturated heterocycles. The Hall–Kier alpha value is -2.07. The van der Waals surface area contributed by atoms with Gasteiger partial charge in [-0.05, 0) is 32.9 Å². The quantitative estimate of drug-likeness (QED) is 0.933. The largest absolute Gasteiger partial charge is 0.495 e. The van der Waals surface area contributed by atoms with Crippen LogP contribution >= 0.6 is 0 Å². The minimum absolute atomic E-state index is 0.0406. The summed E-state index contributed by atoms with van der Waals surface area (Å²) >= 11 is 0. The summed E-state index contributed by atoms with van der Waals surface area (Å²) in [7, 11) is 1.63. The number of rotatable bonds is 3. The van der Waals surface area contributed by atoms with Gasteiger partial charge in [0.2, 0.25) is 0 Å². The molecule has 0 aliphatic heterocycles. The Morgan fingerprint density at radius 3 is 2.50 bits per heavy atom. The monoisotopic (exact) mass is 272 g/mol. The first kappa shape index (κ1) is 14.3. The number of hydrogen-bond acceptors (Lipinski definition) is 3. The third-order valence-corrected chi connectivity index (χ3v) is 3.28. The van der Waals surface area contributed by atoms with Crippen LogP contribution in [0.15, 0.2) is 41.3 Å². The summed E-state index contributed by atoms with van der Waals surface area (Å²) in [4.78, 5) is 12.1. The van der Waals surface area contributed by atoms with E-state index in [0.29, 0.717) is 5.56 Å². The highest BCUT2D eigenvalue weighted by Gasteiger charge is 2.20. The molecule has 0 atom stereocenters. The first-order valence-corrected chi connectivity index (χ1v) is 6.50. The van der Waals surface area contributed by atoms with Crippen LogP contribution in [0, 0.1) is 6.92 Å². The maximum atomic E-state index is 12.1. The maximum absolute atomic E-state index is 12.1. The van der Waals surface area contributed by atoms with E-state index in [4.69, 9.17) is 10.5 Å². The number of aryl methyl sites for hydroxylation is 1. The van der Waals surface area contributed by atoms with Gasteiger partial charge in [-0.3, -0.25) is 4.79 Å². The van der Waals surface area contributed by atoms with Gasteiger partial charge in [-0.2, -0.15) is 0 Å². The first-order valence-electron chi connectivity index (χ1n) is 6.50. The smallest absolute Gasteiger partial charge is 0.186 e. The second kappa shape index (κ2) is 5.13. The molecule has 0 radical (unpaired) electrons. The van der Waals surface area contributed by atoms with E-state index in [2.05, 4.69) is 0 Å². The zero-order valence-electron chi connectivity index (χ0n) is 12.3. The van der Waals surface area contributed by atoms with Crippen molar-refractivity contribution in [3.63, 3.8) is 0 Å². The lowest BCUT2D eigenvalue weighted by Gasteiger charge is -2.22. The highest BCUT2D eigenvalue weighted by Crippen LogP contribution is 2.24. The fraction of sp³-hybridized carbons (Fsp3) is 0.312. The summed E-state index contributed by atoms with van der Waals surface area (Å²) in [6.45, 7) is 5.54. The minimum Gasteiger partial charge on any atom is -0.495 e. The van der Waals surface area contributed by atoms with Crippen LogP contribution in [0.3, 0.4) is 0 Å². The molecule has 1 aromatic carbocycles. The van der Waals surface area contributed by atoms with Crippen LogP contribution in [-0.2, 0) is 5.54 Å². The van der Waals surface area contributed by atoms with Crippen LogP contribution in [0.5, 0.6) is 5.75 Å². The zero-order valence-corrected chi connectivity index (χ0v) is 12.3. The van der Waals surface area contributed by atoms with Crippen molar-refractivity contribution >= 4 is 0 Å². The number of ether oxygens (including phenoxy) is 1. The Labute approximate surface area is 118 Å². The second-order valence-corrected chi connectivity index (χ2v) is 5.46. The van der Waals surface area contributed by atoms with Gasteiger partial charge in [0.05, 0.1) is 12.8 Å². The Balaban J connectivity index is 2.72. The zero-order chi connectivity index (χ0) is 14.9. The second-order valence-electron chi connectivity index (χ2n) is 5.46. The molecule has 2 rings (SSSR count). The van der Waals surface area contributed by atoms with Crippen molar-refractivity contribution in [1.29, 1.82) is 0 Å². The summed E-state index contributed by atoms with van der Waals surface area (Å²) in [6, 6.07) is 9.29. The number of hydrogen-bond donors (Lipinski definition) is 1. The Morgan fingerprint density at radius 2 is 1.90 bits per heavy atom. The Morgan fingerprint density at radius 1 is 1.25 bits per heavy atom. The molecule has 0 fully saturated rings.